The number of amides is 1. The molecule has 0 saturated carbocycles. The summed E-state index contributed by atoms with van der Waals surface area (Å²) in [6.07, 6.45) is 0.144. The summed E-state index contributed by atoms with van der Waals surface area (Å²) in [7, 11) is 0. The molecule has 3 rings (SSSR count). The van der Waals surface area contributed by atoms with Gasteiger partial charge in [-0.25, -0.2) is 4.79 Å². The highest BCUT2D eigenvalue weighted by atomic mass is 16.5. The molecule has 7 nitrogen and oxygen atoms in total. The minimum absolute atomic E-state index is 0.144. The van der Waals surface area contributed by atoms with Crippen LogP contribution in [-0.4, -0.2) is 28.7 Å². The minimum atomic E-state index is -0.392. The lowest BCUT2D eigenvalue weighted by Gasteiger charge is -2.14. The lowest BCUT2D eigenvalue weighted by atomic mass is 9.95. The van der Waals surface area contributed by atoms with Crippen molar-refractivity contribution in [2.75, 3.05) is 11.9 Å². The highest BCUT2D eigenvalue weighted by Crippen LogP contribution is 2.27. The lowest BCUT2D eigenvalue weighted by Crippen LogP contribution is -2.17. The number of carbonyl (C=O) groups is 2. The average molecular weight is 379 g/mol. The van der Waals surface area contributed by atoms with Crippen LogP contribution >= 0.6 is 0 Å². The highest BCUT2D eigenvalue weighted by molar-refractivity contribution is 5.93. The van der Waals surface area contributed by atoms with Gasteiger partial charge in [-0.2, -0.15) is 0 Å². The maximum absolute atomic E-state index is 12.6. The molecule has 144 valence electrons. The number of anilines is 1. The second-order valence-electron chi connectivity index (χ2n) is 6.17. The van der Waals surface area contributed by atoms with Crippen molar-refractivity contribution in [1.82, 2.24) is 10.2 Å². The Morgan fingerprint density at radius 1 is 1.07 bits per heavy atom. The number of hydrogen-bond acceptors (Lipinski definition) is 6. The molecule has 1 N–H and O–H groups in total. The standard InChI is InChI=1S/C21H21N3O4/c1-3-27-21(26)16-9-11-17(12-10-16)22-19(25)13-18(15-7-5-4-6-8-15)20-24-23-14(2)28-20/h4-12,18H,3,13H2,1-2H3,(H,22,25). The van der Waals surface area contributed by atoms with Crippen molar-refractivity contribution in [2.24, 2.45) is 0 Å². The molecule has 2 aromatic carbocycles. The molecule has 0 fully saturated rings. The van der Waals surface area contributed by atoms with Crippen LogP contribution in [0.25, 0.3) is 0 Å². The summed E-state index contributed by atoms with van der Waals surface area (Å²) in [4.78, 5) is 24.3. The van der Waals surface area contributed by atoms with Crippen LogP contribution in [0, 0.1) is 6.92 Å². The van der Waals surface area contributed by atoms with E-state index in [2.05, 4.69) is 15.5 Å². The maximum atomic E-state index is 12.6. The van der Waals surface area contributed by atoms with Crippen molar-refractivity contribution < 1.29 is 18.7 Å². The van der Waals surface area contributed by atoms with Gasteiger partial charge in [-0.3, -0.25) is 4.79 Å². The summed E-state index contributed by atoms with van der Waals surface area (Å²) in [6, 6.07) is 16.1. The monoisotopic (exact) mass is 379 g/mol. The van der Waals surface area contributed by atoms with Crippen LogP contribution < -0.4 is 5.32 Å². The third-order valence-corrected chi connectivity index (χ3v) is 4.11. The molecule has 1 heterocycles. The first kappa shape index (κ1) is 19.3. The van der Waals surface area contributed by atoms with Gasteiger partial charge in [-0.05, 0) is 36.8 Å². The van der Waals surface area contributed by atoms with Crippen LogP contribution in [0.5, 0.6) is 0 Å². The van der Waals surface area contributed by atoms with Gasteiger partial charge in [-0.1, -0.05) is 30.3 Å². The van der Waals surface area contributed by atoms with Gasteiger partial charge in [-0.15, -0.1) is 10.2 Å². The van der Waals surface area contributed by atoms with E-state index in [4.69, 9.17) is 9.15 Å². The average Bonchev–Trinajstić information content (AvgIpc) is 3.13. The van der Waals surface area contributed by atoms with Crippen molar-refractivity contribution in [1.29, 1.82) is 0 Å². The number of esters is 1. The zero-order valence-corrected chi connectivity index (χ0v) is 15.7. The van der Waals surface area contributed by atoms with Crippen LogP contribution in [-0.2, 0) is 9.53 Å². The van der Waals surface area contributed by atoms with Crippen LogP contribution in [0.1, 0.15) is 47.0 Å². The molecule has 1 unspecified atom stereocenters. The van der Waals surface area contributed by atoms with Crippen LogP contribution in [0.15, 0.2) is 59.0 Å². The second-order valence-corrected chi connectivity index (χ2v) is 6.17. The summed E-state index contributed by atoms with van der Waals surface area (Å²) in [6.45, 7) is 3.78. The molecule has 0 radical (unpaired) electrons. The summed E-state index contributed by atoms with van der Waals surface area (Å²) in [5.41, 5.74) is 1.94. The first-order chi connectivity index (χ1) is 13.6. The van der Waals surface area contributed by atoms with Crippen molar-refractivity contribution in [3.63, 3.8) is 0 Å². The molecule has 0 aliphatic heterocycles. The highest BCUT2D eigenvalue weighted by Gasteiger charge is 2.23. The Kier molecular flexibility index (Phi) is 6.16. The van der Waals surface area contributed by atoms with Crippen molar-refractivity contribution >= 4 is 17.6 Å². The van der Waals surface area contributed by atoms with E-state index in [-0.39, 0.29) is 18.2 Å². The molecule has 0 aliphatic rings. The smallest absolute Gasteiger partial charge is 0.338 e. The Morgan fingerprint density at radius 2 is 1.79 bits per heavy atom. The van der Waals surface area contributed by atoms with E-state index in [0.717, 1.165) is 5.56 Å². The number of aryl methyl sites for hydroxylation is 1. The van der Waals surface area contributed by atoms with Gasteiger partial charge in [0.05, 0.1) is 18.1 Å². The maximum Gasteiger partial charge on any atom is 0.338 e. The number of rotatable bonds is 7. The summed E-state index contributed by atoms with van der Waals surface area (Å²) >= 11 is 0. The number of nitrogens with zero attached hydrogens (tertiary/aromatic N) is 2. The molecule has 1 amide bonds. The zero-order valence-electron chi connectivity index (χ0n) is 15.7. The molecule has 0 saturated heterocycles. The van der Waals surface area contributed by atoms with Gasteiger partial charge >= 0.3 is 5.97 Å². The molecule has 1 atom stereocenters. The molecule has 28 heavy (non-hydrogen) atoms. The molecule has 7 heteroatoms. The number of carbonyl (C=O) groups excluding carboxylic acids is 2. The zero-order chi connectivity index (χ0) is 19.9. The molecule has 0 aliphatic carbocycles. The van der Waals surface area contributed by atoms with Gasteiger partial charge in [0.2, 0.25) is 17.7 Å². The largest absolute Gasteiger partial charge is 0.462 e. The van der Waals surface area contributed by atoms with Gasteiger partial charge in [0.1, 0.15) is 0 Å². The fraction of sp³-hybridized carbons (Fsp3) is 0.238. The third kappa shape index (κ3) is 4.82. The molecule has 1 aromatic heterocycles. The summed E-state index contributed by atoms with van der Waals surface area (Å²) in [5.74, 6) is -0.0894. The summed E-state index contributed by atoms with van der Waals surface area (Å²) in [5, 5.41) is 10.8. The number of nitrogens with one attached hydrogen (secondary N) is 1. The topological polar surface area (TPSA) is 94.3 Å². The second kappa shape index (κ2) is 8.94. The normalized spacial score (nSPS) is 11.6. The van der Waals surface area contributed by atoms with E-state index in [0.29, 0.717) is 29.6 Å². The van der Waals surface area contributed by atoms with Gasteiger partial charge < -0.3 is 14.5 Å². The minimum Gasteiger partial charge on any atom is -0.462 e. The Hall–Kier alpha value is -3.48. The number of ether oxygens (including phenoxy) is 1. The quantitative estimate of drug-likeness (QED) is 0.629. The fourth-order valence-electron chi connectivity index (χ4n) is 2.79. The van der Waals surface area contributed by atoms with Crippen LogP contribution in [0.3, 0.4) is 0 Å². The Morgan fingerprint density at radius 3 is 2.39 bits per heavy atom. The summed E-state index contributed by atoms with van der Waals surface area (Å²) < 4.78 is 10.5. The molecular weight excluding hydrogens is 358 g/mol. The van der Waals surface area contributed by atoms with Gasteiger partial charge in [0.25, 0.3) is 0 Å². The SMILES string of the molecule is CCOC(=O)c1ccc(NC(=O)CC(c2ccccc2)c2nnc(C)o2)cc1. The van der Waals surface area contributed by atoms with E-state index >= 15 is 0 Å². The van der Waals surface area contributed by atoms with Crippen molar-refractivity contribution in [3.8, 4) is 0 Å². The fourth-order valence-corrected chi connectivity index (χ4v) is 2.79. The predicted molar refractivity (Wildman–Crippen MR) is 103 cm³/mol. The van der Waals surface area contributed by atoms with Gasteiger partial charge in [0, 0.05) is 19.0 Å². The number of hydrogen-bond donors (Lipinski definition) is 1. The third-order valence-electron chi connectivity index (χ3n) is 4.11. The lowest BCUT2D eigenvalue weighted by molar-refractivity contribution is -0.116. The van der Waals surface area contributed by atoms with Crippen molar-refractivity contribution in [2.45, 2.75) is 26.2 Å². The molecule has 0 bridgehead atoms. The van der Waals surface area contributed by atoms with E-state index in [9.17, 15) is 9.59 Å². The Labute approximate surface area is 162 Å². The van der Waals surface area contributed by atoms with Gasteiger partial charge in [0.15, 0.2) is 0 Å². The Balaban J connectivity index is 1.71. The van der Waals surface area contributed by atoms with Crippen molar-refractivity contribution in [3.05, 3.63) is 77.5 Å². The van der Waals surface area contributed by atoms with E-state index < -0.39 is 5.97 Å². The first-order valence-electron chi connectivity index (χ1n) is 8.98. The first-order valence-corrected chi connectivity index (χ1v) is 8.98. The van der Waals surface area contributed by atoms with E-state index in [1.54, 1.807) is 38.1 Å². The number of benzene rings is 2. The molecule has 3 aromatic rings. The van der Waals surface area contributed by atoms with E-state index in [1.807, 2.05) is 30.3 Å². The number of aromatic nitrogens is 2. The predicted octanol–water partition coefficient (Wildman–Crippen LogP) is 3.72. The molecule has 0 spiro atoms. The van der Waals surface area contributed by atoms with Crippen LogP contribution in [0.2, 0.25) is 0 Å². The Bertz CT molecular complexity index is 936. The van der Waals surface area contributed by atoms with Crippen LogP contribution in [0.4, 0.5) is 5.69 Å². The van der Waals surface area contributed by atoms with E-state index in [1.165, 1.54) is 0 Å². The molecular formula is C21H21N3O4.